The van der Waals surface area contributed by atoms with Crippen LogP contribution in [-0.2, 0) is 11.2 Å². The van der Waals surface area contributed by atoms with Crippen LogP contribution in [-0.4, -0.2) is 55.5 Å². The molecule has 3 aromatic heterocycles. The molecule has 0 bridgehead atoms. The molecule has 166 valence electrons. The standard InChI is InChI=1S/C24H22N6O3/c1-24(32)13-30(14-24)18-4-2-17(3-5-18)27-21-22-25-6-7-29(22)11-20(28-21)16-8-15-9-19(31)12-33-23(15)26-10-16/h2-8,10-11,32H,9,12-14H2,1H3,(H,27,28). The van der Waals surface area contributed by atoms with Gasteiger partial charge in [0.15, 0.2) is 17.2 Å². The molecular formula is C24H22N6O3. The molecule has 0 unspecified atom stereocenters. The summed E-state index contributed by atoms with van der Waals surface area (Å²) in [6, 6.07) is 9.92. The fourth-order valence-electron chi connectivity index (χ4n) is 4.31. The number of Topliss-reactive ketones (excluding diaryl/α,β-unsaturated/α-hetero) is 1. The van der Waals surface area contributed by atoms with E-state index < -0.39 is 5.60 Å². The fourth-order valence-corrected chi connectivity index (χ4v) is 4.31. The second-order valence-electron chi connectivity index (χ2n) is 8.85. The van der Waals surface area contributed by atoms with Crippen molar-refractivity contribution in [3.63, 3.8) is 0 Å². The summed E-state index contributed by atoms with van der Waals surface area (Å²) in [4.78, 5) is 27.5. The Morgan fingerprint density at radius 1 is 1.18 bits per heavy atom. The van der Waals surface area contributed by atoms with Crippen molar-refractivity contribution in [1.82, 2.24) is 19.4 Å². The van der Waals surface area contributed by atoms with Crippen molar-refractivity contribution in [2.24, 2.45) is 0 Å². The molecule has 6 rings (SSSR count). The lowest BCUT2D eigenvalue weighted by atomic mass is 9.96. The lowest BCUT2D eigenvalue weighted by Crippen LogP contribution is -2.60. The zero-order chi connectivity index (χ0) is 22.6. The average Bonchev–Trinajstić information content (AvgIpc) is 3.26. The maximum Gasteiger partial charge on any atom is 0.217 e. The quantitative estimate of drug-likeness (QED) is 0.497. The van der Waals surface area contributed by atoms with E-state index in [4.69, 9.17) is 9.72 Å². The third-order valence-corrected chi connectivity index (χ3v) is 5.91. The van der Waals surface area contributed by atoms with E-state index in [2.05, 4.69) is 20.2 Å². The minimum Gasteiger partial charge on any atom is -0.469 e. The van der Waals surface area contributed by atoms with Crippen LogP contribution in [0.5, 0.6) is 5.88 Å². The topological polar surface area (TPSA) is 105 Å². The van der Waals surface area contributed by atoms with Crippen molar-refractivity contribution in [3.05, 3.63) is 60.7 Å². The van der Waals surface area contributed by atoms with Gasteiger partial charge < -0.3 is 24.5 Å². The van der Waals surface area contributed by atoms with Crippen molar-refractivity contribution in [2.45, 2.75) is 18.9 Å². The van der Waals surface area contributed by atoms with Crippen LogP contribution in [0.2, 0.25) is 0 Å². The van der Waals surface area contributed by atoms with Crippen molar-refractivity contribution >= 4 is 28.6 Å². The van der Waals surface area contributed by atoms with Gasteiger partial charge in [-0.15, -0.1) is 0 Å². The SMILES string of the molecule is CC1(O)CN(c2ccc(Nc3nc(-c4cnc5c(c4)CC(=O)CO5)cn4ccnc34)cc2)C1. The molecule has 0 spiro atoms. The molecule has 1 aromatic carbocycles. The number of fused-ring (bicyclic) bond motifs is 2. The largest absolute Gasteiger partial charge is 0.469 e. The highest BCUT2D eigenvalue weighted by Gasteiger charge is 2.36. The number of ketones is 1. The molecule has 1 saturated heterocycles. The van der Waals surface area contributed by atoms with Gasteiger partial charge in [-0.2, -0.15) is 0 Å². The molecule has 0 radical (unpaired) electrons. The normalized spacial score (nSPS) is 16.8. The van der Waals surface area contributed by atoms with Gasteiger partial charge >= 0.3 is 0 Å². The van der Waals surface area contributed by atoms with Crippen LogP contribution in [0.1, 0.15) is 12.5 Å². The predicted octanol–water partition coefficient (Wildman–Crippen LogP) is 2.61. The number of pyridine rings is 1. The number of aromatic nitrogens is 4. The summed E-state index contributed by atoms with van der Waals surface area (Å²) in [5.41, 5.74) is 4.30. The number of carbonyl (C=O) groups excluding carboxylic acids is 1. The van der Waals surface area contributed by atoms with E-state index in [1.165, 1.54) is 0 Å². The number of aliphatic hydroxyl groups is 1. The van der Waals surface area contributed by atoms with Crippen LogP contribution in [0.3, 0.4) is 0 Å². The number of carbonyl (C=O) groups is 1. The predicted molar refractivity (Wildman–Crippen MR) is 123 cm³/mol. The lowest BCUT2D eigenvalue weighted by molar-refractivity contribution is -0.121. The van der Waals surface area contributed by atoms with Crippen LogP contribution < -0.4 is 15.0 Å². The van der Waals surface area contributed by atoms with E-state index in [0.717, 1.165) is 22.5 Å². The summed E-state index contributed by atoms with van der Waals surface area (Å²) in [6.07, 6.45) is 7.50. The van der Waals surface area contributed by atoms with Crippen LogP contribution in [0.25, 0.3) is 16.9 Å². The van der Waals surface area contributed by atoms with E-state index in [1.54, 1.807) is 12.4 Å². The first-order valence-electron chi connectivity index (χ1n) is 10.8. The second-order valence-corrected chi connectivity index (χ2v) is 8.85. The van der Waals surface area contributed by atoms with Crippen molar-refractivity contribution < 1.29 is 14.6 Å². The summed E-state index contributed by atoms with van der Waals surface area (Å²) in [6.45, 7) is 3.17. The van der Waals surface area contributed by atoms with E-state index in [1.807, 2.05) is 54.0 Å². The molecule has 0 saturated carbocycles. The number of ether oxygens (including phenoxy) is 1. The summed E-state index contributed by atoms with van der Waals surface area (Å²) in [7, 11) is 0. The lowest BCUT2D eigenvalue weighted by Gasteiger charge is -2.45. The van der Waals surface area contributed by atoms with E-state index >= 15 is 0 Å². The number of anilines is 3. The number of β-amino-alcohol motifs (C(OH)–C–C–N with tert-alkyl or cyclic N) is 1. The van der Waals surface area contributed by atoms with Gasteiger partial charge in [-0.3, -0.25) is 4.79 Å². The van der Waals surface area contributed by atoms with E-state index in [0.29, 0.717) is 42.5 Å². The third-order valence-electron chi connectivity index (χ3n) is 5.91. The summed E-state index contributed by atoms with van der Waals surface area (Å²) < 4.78 is 7.32. The molecule has 5 heterocycles. The Kier molecular flexibility index (Phi) is 4.34. The molecule has 0 amide bonds. The van der Waals surface area contributed by atoms with Gasteiger partial charge in [0, 0.05) is 66.8 Å². The molecule has 4 aromatic rings. The molecule has 2 aliphatic heterocycles. The summed E-state index contributed by atoms with van der Waals surface area (Å²) in [5, 5.41) is 13.3. The van der Waals surface area contributed by atoms with Gasteiger partial charge in [0.25, 0.3) is 0 Å². The Hall–Kier alpha value is -3.98. The van der Waals surface area contributed by atoms with Crippen LogP contribution in [0.4, 0.5) is 17.2 Å². The highest BCUT2D eigenvalue weighted by atomic mass is 16.5. The van der Waals surface area contributed by atoms with Crippen LogP contribution in [0.15, 0.2) is 55.1 Å². The van der Waals surface area contributed by atoms with E-state index in [9.17, 15) is 9.90 Å². The first-order valence-corrected chi connectivity index (χ1v) is 10.8. The molecule has 9 nitrogen and oxygen atoms in total. The first kappa shape index (κ1) is 19.7. The zero-order valence-corrected chi connectivity index (χ0v) is 18.0. The molecule has 1 fully saturated rings. The van der Waals surface area contributed by atoms with Gasteiger partial charge in [0.05, 0.1) is 11.3 Å². The van der Waals surface area contributed by atoms with Crippen LogP contribution in [0, 0.1) is 0 Å². The molecule has 9 heteroatoms. The molecule has 33 heavy (non-hydrogen) atoms. The maximum absolute atomic E-state index is 11.8. The number of hydrogen-bond acceptors (Lipinski definition) is 8. The molecule has 2 aliphatic rings. The second kappa shape index (κ2) is 7.28. The van der Waals surface area contributed by atoms with Crippen molar-refractivity contribution in [2.75, 3.05) is 29.9 Å². The van der Waals surface area contributed by atoms with Gasteiger partial charge in [-0.1, -0.05) is 0 Å². The van der Waals surface area contributed by atoms with E-state index in [-0.39, 0.29) is 12.4 Å². The number of nitrogens with one attached hydrogen (secondary N) is 1. The Morgan fingerprint density at radius 3 is 2.79 bits per heavy atom. The molecule has 0 atom stereocenters. The number of imidazole rings is 1. The first-order chi connectivity index (χ1) is 15.9. The van der Waals surface area contributed by atoms with Gasteiger partial charge in [-0.05, 0) is 37.3 Å². The minimum atomic E-state index is -0.613. The highest BCUT2D eigenvalue weighted by molar-refractivity contribution is 5.85. The Morgan fingerprint density at radius 2 is 2.00 bits per heavy atom. The highest BCUT2D eigenvalue weighted by Crippen LogP contribution is 2.31. The number of nitrogens with zero attached hydrogens (tertiary/aromatic N) is 5. The monoisotopic (exact) mass is 442 g/mol. The van der Waals surface area contributed by atoms with Gasteiger partial charge in [0.2, 0.25) is 5.88 Å². The van der Waals surface area contributed by atoms with Crippen molar-refractivity contribution in [3.8, 4) is 17.1 Å². The minimum absolute atomic E-state index is 0.0344. The summed E-state index contributed by atoms with van der Waals surface area (Å²) >= 11 is 0. The van der Waals surface area contributed by atoms with Gasteiger partial charge in [0.1, 0.15) is 6.61 Å². The number of hydrogen-bond donors (Lipinski definition) is 2. The summed E-state index contributed by atoms with van der Waals surface area (Å²) in [5.74, 6) is 1.15. The Labute approximate surface area is 189 Å². The van der Waals surface area contributed by atoms with Crippen LogP contribution >= 0.6 is 0 Å². The molecule has 0 aliphatic carbocycles. The molecule has 2 N–H and O–H groups in total. The number of rotatable bonds is 4. The van der Waals surface area contributed by atoms with Crippen molar-refractivity contribution in [1.29, 1.82) is 0 Å². The Bertz CT molecular complexity index is 1370. The smallest absolute Gasteiger partial charge is 0.217 e. The fraction of sp³-hybridized carbons (Fsp3) is 0.250. The third kappa shape index (κ3) is 3.66. The maximum atomic E-state index is 11.8. The average molecular weight is 442 g/mol. The molecular weight excluding hydrogens is 420 g/mol. The Balaban J connectivity index is 1.31. The van der Waals surface area contributed by atoms with Gasteiger partial charge in [-0.25, -0.2) is 15.0 Å². The number of benzene rings is 1. The zero-order valence-electron chi connectivity index (χ0n) is 18.0.